The van der Waals surface area contributed by atoms with E-state index in [1.54, 1.807) is 6.20 Å². The summed E-state index contributed by atoms with van der Waals surface area (Å²) in [5, 5.41) is -0.208. The van der Waals surface area contributed by atoms with E-state index in [1.807, 2.05) is 37.5 Å². The molecule has 0 aliphatic rings. The first-order valence-electron chi connectivity index (χ1n) is 6.44. The van der Waals surface area contributed by atoms with Gasteiger partial charge >= 0.3 is 0 Å². The molecule has 3 aromatic heterocycles. The number of alkyl halides is 1. The Morgan fingerprint density at radius 2 is 2.10 bits per heavy atom. The van der Waals surface area contributed by atoms with Gasteiger partial charge in [0.25, 0.3) is 0 Å². The van der Waals surface area contributed by atoms with Crippen molar-refractivity contribution in [3.05, 3.63) is 41.5 Å². The van der Waals surface area contributed by atoms with Gasteiger partial charge in [-0.15, -0.1) is 11.6 Å². The van der Waals surface area contributed by atoms with Gasteiger partial charge in [-0.25, -0.2) is 15.0 Å². The van der Waals surface area contributed by atoms with Crippen LogP contribution < -0.4 is 0 Å². The van der Waals surface area contributed by atoms with Crippen LogP contribution in [0.2, 0.25) is 0 Å². The minimum Gasteiger partial charge on any atom is -0.444 e. The van der Waals surface area contributed by atoms with Crippen molar-refractivity contribution in [2.24, 2.45) is 0 Å². The summed E-state index contributed by atoms with van der Waals surface area (Å²) in [5.74, 6) is 2.19. The van der Waals surface area contributed by atoms with Gasteiger partial charge in [-0.3, -0.25) is 0 Å². The molecule has 5 nitrogen and oxygen atoms in total. The number of pyridine rings is 1. The molecule has 0 saturated carbocycles. The Kier molecular flexibility index (Phi) is 3.22. The Bertz CT molecular complexity index is 760. The second-order valence-electron chi connectivity index (χ2n) is 4.83. The van der Waals surface area contributed by atoms with Crippen LogP contribution >= 0.6 is 11.6 Å². The van der Waals surface area contributed by atoms with Gasteiger partial charge in [0.2, 0.25) is 5.89 Å². The van der Waals surface area contributed by atoms with Gasteiger partial charge in [-0.2, -0.15) is 0 Å². The van der Waals surface area contributed by atoms with E-state index in [0.29, 0.717) is 12.4 Å². The number of hydrogen-bond acceptors (Lipinski definition) is 4. The number of aromatic nitrogens is 4. The van der Waals surface area contributed by atoms with E-state index in [0.717, 1.165) is 28.4 Å². The third-order valence-corrected chi connectivity index (χ3v) is 3.27. The summed E-state index contributed by atoms with van der Waals surface area (Å²) in [6.45, 7) is 6.20. The van der Waals surface area contributed by atoms with E-state index in [9.17, 15) is 0 Å². The number of hydrogen-bond donors (Lipinski definition) is 0. The molecule has 0 radical (unpaired) electrons. The van der Waals surface area contributed by atoms with Crippen molar-refractivity contribution in [3.8, 4) is 0 Å². The van der Waals surface area contributed by atoms with Gasteiger partial charge < -0.3 is 8.98 Å². The molecule has 0 aromatic carbocycles. The van der Waals surface area contributed by atoms with Crippen molar-refractivity contribution in [1.82, 2.24) is 19.5 Å². The maximum Gasteiger partial charge on any atom is 0.214 e. The second kappa shape index (κ2) is 4.90. The van der Waals surface area contributed by atoms with Crippen LogP contribution in [0.25, 0.3) is 11.2 Å². The molecule has 3 aromatic rings. The van der Waals surface area contributed by atoms with Gasteiger partial charge in [0.1, 0.15) is 23.6 Å². The smallest absolute Gasteiger partial charge is 0.214 e. The van der Waals surface area contributed by atoms with Crippen LogP contribution in [0.3, 0.4) is 0 Å². The molecule has 0 bridgehead atoms. The lowest BCUT2D eigenvalue weighted by molar-refractivity contribution is 0.455. The van der Waals surface area contributed by atoms with Crippen molar-refractivity contribution in [2.75, 3.05) is 0 Å². The van der Waals surface area contributed by atoms with Gasteiger partial charge in [-0.1, -0.05) is 0 Å². The van der Waals surface area contributed by atoms with Crippen LogP contribution in [0.4, 0.5) is 0 Å². The number of nitrogens with zero attached hydrogens (tertiary/aromatic N) is 4. The highest BCUT2D eigenvalue weighted by atomic mass is 35.5. The van der Waals surface area contributed by atoms with E-state index in [-0.39, 0.29) is 5.38 Å². The lowest BCUT2D eigenvalue weighted by Gasteiger charge is -2.07. The number of fused-ring (bicyclic) bond motifs is 1. The number of rotatable bonds is 3. The summed E-state index contributed by atoms with van der Waals surface area (Å²) < 4.78 is 7.50. The fourth-order valence-corrected chi connectivity index (χ4v) is 2.35. The summed E-state index contributed by atoms with van der Waals surface area (Å²) >= 11 is 6.23. The first-order valence-corrected chi connectivity index (χ1v) is 6.87. The van der Waals surface area contributed by atoms with E-state index in [4.69, 9.17) is 16.0 Å². The minimum absolute atomic E-state index is 0.208. The van der Waals surface area contributed by atoms with Crippen LogP contribution in [0.15, 0.2) is 22.7 Å². The van der Waals surface area contributed by atoms with Gasteiger partial charge in [0.05, 0.1) is 11.6 Å². The molecule has 3 rings (SSSR count). The van der Waals surface area contributed by atoms with E-state index < -0.39 is 0 Å². The third-order valence-electron chi connectivity index (χ3n) is 3.08. The average molecular weight is 291 g/mol. The van der Waals surface area contributed by atoms with Crippen LogP contribution in [-0.4, -0.2) is 19.5 Å². The number of halogens is 1. The summed E-state index contributed by atoms with van der Waals surface area (Å²) in [4.78, 5) is 13.3. The molecule has 0 aliphatic heterocycles. The molecule has 0 saturated heterocycles. The SMILES string of the molecule is Cc1ccc2nc(C(C)Cl)n(Cc3ncc(C)o3)c2n1. The molecule has 0 spiro atoms. The fourth-order valence-electron chi connectivity index (χ4n) is 2.18. The molecule has 0 N–H and O–H groups in total. The van der Waals surface area contributed by atoms with Crippen LogP contribution in [0, 0.1) is 13.8 Å². The minimum atomic E-state index is -0.208. The zero-order valence-electron chi connectivity index (χ0n) is 11.6. The highest BCUT2D eigenvalue weighted by molar-refractivity contribution is 6.20. The molecule has 1 unspecified atom stereocenters. The summed E-state index contributed by atoms with van der Waals surface area (Å²) in [5.41, 5.74) is 2.58. The predicted octanol–water partition coefficient (Wildman–Crippen LogP) is 3.38. The zero-order valence-corrected chi connectivity index (χ0v) is 12.3. The van der Waals surface area contributed by atoms with Crippen molar-refractivity contribution < 1.29 is 4.42 Å². The number of imidazole rings is 1. The Labute approximate surface area is 121 Å². The Morgan fingerprint density at radius 1 is 1.30 bits per heavy atom. The van der Waals surface area contributed by atoms with Gasteiger partial charge in [0.15, 0.2) is 5.65 Å². The second-order valence-corrected chi connectivity index (χ2v) is 5.49. The Morgan fingerprint density at radius 3 is 2.75 bits per heavy atom. The maximum atomic E-state index is 6.23. The highest BCUT2D eigenvalue weighted by Crippen LogP contribution is 2.24. The first kappa shape index (κ1) is 13.1. The molecule has 0 fully saturated rings. The molecule has 1 atom stereocenters. The quantitative estimate of drug-likeness (QED) is 0.694. The number of aryl methyl sites for hydroxylation is 2. The third kappa shape index (κ3) is 2.29. The molecule has 3 heterocycles. The van der Waals surface area contributed by atoms with Gasteiger partial charge in [0, 0.05) is 5.69 Å². The van der Waals surface area contributed by atoms with Crippen molar-refractivity contribution in [2.45, 2.75) is 32.7 Å². The van der Waals surface area contributed by atoms with Crippen LogP contribution in [0.5, 0.6) is 0 Å². The summed E-state index contributed by atoms with van der Waals surface area (Å²) in [6, 6.07) is 3.90. The molecular formula is C14H15ClN4O. The Hall–Kier alpha value is -1.88. The average Bonchev–Trinajstić information content (AvgIpc) is 2.95. The van der Waals surface area contributed by atoms with Crippen molar-refractivity contribution in [3.63, 3.8) is 0 Å². The molecular weight excluding hydrogens is 276 g/mol. The van der Waals surface area contributed by atoms with Gasteiger partial charge in [-0.05, 0) is 32.9 Å². The lowest BCUT2D eigenvalue weighted by atomic mass is 10.3. The zero-order chi connectivity index (χ0) is 14.3. The molecule has 0 aliphatic carbocycles. The van der Waals surface area contributed by atoms with E-state index in [1.165, 1.54) is 0 Å². The summed E-state index contributed by atoms with van der Waals surface area (Å²) in [6.07, 6.45) is 1.71. The molecule has 104 valence electrons. The highest BCUT2D eigenvalue weighted by Gasteiger charge is 2.17. The standard InChI is InChI=1S/C14H15ClN4O/c1-8-4-5-11-14(17-8)19(13(18-11)10(3)15)7-12-16-6-9(2)20-12/h4-6,10H,7H2,1-3H3. The predicted molar refractivity (Wildman–Crippen MR) is 76.9 cm³/mol. The number of oxazole rings is 1. The van der Waals surface area contributed by atoms with Crippen molar-refractivity contribution >= 4 is 22.8 Å². The van der Waals surface area contributed by atoms with E-state index >= 15 is 0 Å². The normalized spacial score (nSPS) is 13.0. The summed E-state index contributed by atoms with van der Waals surface area (Å²) in [7, 11) is 0. The molecule has 6 heteroatoms. The topological polar surface area (TPSA) is 56.7 Å². The molecule has 0 amide bonds. The fraction of sp³-hybridized carbons (Fsp3) is 0.357. The van der Waals surface area contributed by atoms with Crippen molar-refractivity contribution in [1.29, 1.82) is 0 Å². The Balaban J connectivity index is 2.15. The largest absolute Gasteiger partial charge is 0.444 e. The maximum absolute atomic E-state index is 6.23. The molecule has 20 heavy (non-hydrogen) atoms. The first-order chi connectivity index (χ1) is 9.54. The lowest BCUT2D eigenvalue weighted by Crippen LogP contribution is -2.07. The van der Waals surface area contributed by atoms with Crippen LogP contribution in [-0.2, 0) is 6.54 Å². The van der Waals surface area contributed by atoms with E-state index in [2.05, 4.69) is 15.0 Å². The van der Waals surface area contributed by atoms with Crippen LogP contribution in [0.1, 0.15) is 35.5 Å². The monoisotopic (exact) mass is 290 g/mol.